The number of piperidine rings is 1. The second-order valence-electron chi connectivity index (χ2n) is 9.07. The minimum Gasteiger partial charge on any atom is -0.494 e. The van der Waals surface area contributed by atoms with E-state index in [1.54, 1.807) is 0 Å². The minimum atomic E-state index is -4.74. The molecule has 0 amide bonds. The monoisotopic (exact) mass is 517 g/mol. The van der Waals surface area contributed by atoms with Crippen LogP contribution in [0.25, 0.3) is 0 Å². The van der Waals surface area contributed by atoms with Crippen LogP contribution in [0.15, 0.2) is 72.8 Å². The zero-order valence-corrected chi connectivity index (χ0v) is 20.5. The van der Waals surface area contributed by atoms with Gasteiger partial charge in [0.1, 0.15) is 11.6 Å². The first-order chi connectivity index (χ1) is 17.9. The first kappa shape index (κ1) is 27.1. The predicted molar refractivity (Wildman–Crippen MR) is 133 cm³/mol. The summed E-state index contributed by atoms with van der Waals surface area (Å²) in [4.78, 5) is 0. The van der Waals surface area contributed by atoms with Gasteiger partial charge in [0.15, 0.2) is 0 Å². The lowest BCUT2D eigenvalue weighted by Gasteiger charge is -2.32. The van der Waals surface area contributed by atoms with E-state index in [2.05, 4.69) is 5.32 Å². The molecule has 2 unspecified atom stereocenters. The molecule has 0 aliphatic carbocycles. The van der Waals surface area contributed by atoms with Crippen LogP contribution in [-0.4, -0.2) is 32.4 Å². The second kappa shape index (κ2) is 13.0. The maximum absolute atomic E-state index is 13.6. The molecule has 1 fully saturated rings. The summed E-state index contributed by atoms with van der Waals surface area (Å²) in [5.41, 5.74) is 1.24. The van der Waals surface area contributed by atoms with Crippen LogP contribution < -0.4 is 10.1 Å². The summed E-state index contributed by atoms with van der Waals surface area (Å²) in [6.45, 7) is 3.11. The molecule has 3 aromatic carbocycles. The molecule has 1 heterocycles. The van der Waals surface area contributed by atoms with Crippen LogP contribution in [0.1, 0.15) is 41.0 Å². The zero-order valence-electron chi connectivity index (χ0n) is 20.5. The standard InChI is InChI=1S/C29H31F4NO3/c30-27-12-7-22(17-26(27)29(31,32)33)20-37-28-18-34-14-13-25(28)23-8-10-24(11-9-23)36-16-4-15-35-19-21-5-2-1-3-6-21/h1-3,5-12,17,25,28,34H,4,13-16,18-20H2. The highest BCUT2D eigenvalue weighted by atomic mass is 19.4. The van der Waals surface area contributed by atoms with Gasteiger partial charge in [0.25, 0.3) is 0 Å². The molecule has 2 atom stereocenters. The Morgan fingerprint density at radius 3 is 2.41 bits per heavy atom. The van der Waals surface area contributed by atoms with Gasteiger partial charge < -0.3 is 19.5 Å². The smallest absolute Gasteiger partial charge is 0.419 e. The lowest BCUT2D eigenvalue weighted by Crippen LogP contribution is -2.40. The van der Waals surface area contributed by atoms with E-state index >= 15 is 0 Å². The summed E-state index contributed by atoms with van der Waals surface area (Å²) in [6, 6.07) is 20.9. The molecule has 1 aliphatic heterocycles. The Kier molecular flexibility index (Phi) is 9.55. The summed E-state index contributed by atoms with van der Waals surface area (Å²) in [6.07, 6.45) is -3.35. The van der Waals surface area contributed by atoms with Crippen molar-refractivity contribution in [3.63, 3.8) is 0 Å². The van der Waals surface area contributed by atoms with Crippen LogP contribution in [0.3, 0.4) is 0 Å². The molecule has 3 aromatic rings. The van der Waals surface area contributed by atoms with E-state index in [9.17, 15) is 17.6 Å². The van der Waals surface area contributed by atoms with Crippen LogP contribution >= 0.6 is 0 Å². The predicted octanol–water partition coefficient (Wildman–Crippen LogP) is 6.49. The summed E-state index contributed by atoms with van der Waals surface area (Å²) in [5, 5.41) is 3.28. The largest absolute Gasteiger partial charge is 0.494 e. The Balaban J connectivity index is 1.25. The third-order valence-corrected chi connectivity index (χ3v) is 6.35. The van der Waals surface area contributed by atoms with Gasteiger partial charge in [0.2, 0.25) is 0 Å². The summed E-state index contributed by atoms with van der Waals surface area (Å²) < 4.78 is 70.2. The molecule has 0 spiro atoms. The zero-order chi connectivity index (χ0) is 26.1. The van der Waals surface area contributed by atoms with E-state index in [1.165, 1.54) is 6.07 Å². The quantitative estimate of drug-likeness (QED) is 0.233. The molecule has 1 N–H and O–H groups in total. The molecule has 1 saturated heterocycles. The molecule has 0 aromatic heterocycles. The summed E-state index contributed by atoms with van der Waals surface area (Å²) >= 11 is 0. The molecule has 4 rings (SSSR count). The van der Waals surface area contributed by atoms with E-state index in [4.69, 9.17) is 14.2 Å². The fourth-order valence-electron chi connectivity index (χ4n) is 4.40. The van der Waals surface area contributed by atoms with Crippen molar-refractivity contribution in [3.8, 4) is 5.75 Å². The van der Waals surface area contributed by atoms with Crippen molar-refractivity contribution >= 4 is 0 Å². The Bertz CT molecular complexity index is 1110. The molecule has 0 bridgehead atoms. The van der Waals surface area contributed by atoms with Gasteiger partial charge in [-0.3, -0.25) is 0 Å². The van der Waals surface area contributed by atoms with Gasteiger partial charge in [0.05, 0.1) is 38.1 Å². The highest BCUT2D eigenvalue weighted by Crippen LogP contribution is 2.33. The van der Waals surface area contributed by atoms with E-state index in [-0.39, 0.29) is 24.2 Å². The number of benzene rings is 3. The van der Waals surface area contributed by atoms with E-state index < -0.39 is 17.6 Å². The molecule has 1 aliphatic rings. The third-order valence-electron chi connectivity index (χ3n) is 6.35. The first-order valence-electron chi connectivity index (χ1n) is 12.4. The lowest BCUT2D eigenvalue weighted by molar-refractivity contribution is -0.140. The molecule has 0 saturated carbocycles. The Morgan fingerprint density at radius 2 is 1.65 bits per heavy atom. The number of alkyl halides is 3. The molecule has 198 valence electrons. The maximum Gasteiger partial charge on any atom is 0.419 e. The first-order valence-corrected chi connectivity index (χ1v) is 12.4. The molecule has 8 heteroatoms. The molecular formula is C29H31F4NO3. The van der Waals surface area contributed by atoms with Crippen molar-refractivity contribution < 1.29 is 31.8 Å². The number of hydrogen-bond donors (Lipinski definition) is 1. The number of halogens is 4. The molecule has 4 nitrogen and oxygen atoms in total. The average Bonchev–Trinajstić information content (AvgIpc) is 2.91. The fourth-order valence-corrected chi connectivity index (χ4v) is 4.40. The maximum atomic E-state index is 13.6. The van der Waals surface area contributed by atoms with Crippen molar-refractivity contribution in [1.29, 1.82) is 0 Å². The number of rotatable bonds is 11. The van der Waals surface area contributed by atoms with Crippen LogP contribution in [0.5, 0.6) is 5.75 Å². The summed E-state index contributed by atoms with van der Waals surface area (Å²) in [5.74, 6) is -0.427. The van der Waals surface area contributed by atoms with Crippen molar-refractivity contribution in [2.45, 2.75) is 44.3 Å². The van der Waals surface area contributed by atoms with Crippen LogP contribution in [0.2, 0.25) is 0 Å². The third kappa shape index (κ3) is 8.02. The Labute approximate surface area is 214 Å². The van der Waals surface area contributed by atoms with Crippen LogP contribution in [0, 0.1) is 5.82 Å². The average molecular weight is 518 g/mol. The number of nitrogens with one attached hydrogen (secondary N) is 1. The highest BCUT2D eigenvalue weighted by molar-refractivity contribution is 5.31. The topological polar surface area (TPSA) is 39.7 Å². The minimum absolute atomic E-state index is 0.0280. The van der Waals surface area contributed by atoms with Crippen LogP contribution in [0.4, 0.5) is 17.6 Å². The molecule has 37 heavy (non-hydrogen) atoms. The van der Waals surface area contributed by atoms with Crippen molar-refractivity contribution in [1.82, 2.24) is 5.32 Å². The highest BCUT2D eigenvalue weighted by Gasteiger charge is 2.34. The second-order valence-corrected chi connectivity index (χ2v) is 9.07. The Morgan fingerprint density at radius 1 is 0.865 bits per heavy atom. The normalized spacial score (nSPS) is 18.1. The van der Waals surface area contributed by atoms with Crippen LogP contribution in [-0.2, 0) is 28.9 Å². The summed E-state index contributed by atoms with van der Waals surface area (Å²) in [7, 11) is 0. The Hall–Kier alpha value is -2.94. The van der Waals surface area contributed by atoms with Gasteiger partial charge >= 0.3 is 6.18 Å². The van der Waals surface area contributed by atoms with Gasteiger partial charge in [0, 0.05) is 18.9 Å². The SMILES string of the molecule is Fc1ccc(COC2CNCCC2c2ccc(OCCCOCc3ccccc3)cc2)cc1C(F)(F)F. The lowest BCUT2D eigenvalue weighted by atomic mass is 9.87. The molecule has 0 radical (unpaired) electrons. The number of ether oxygens (including phenoxy) is 3. The van der Waals surface area contributed by atoms with Gasteiger partial charge in [-0.15, -0.1) is 0 Å². The van der Waals surface area contributed by atoms with Gasteiger partial charge in [-0.1, -0.05) is 48.5 Å². The molecular weight excluding hydrogens is 486 g/mol. The fraction of sp³-hybridized carbons (Fsp3) is 0.379. The van der Waals surface area contributed by atoms with Crippen molar-refractivity contribution in [2.24, 2.45) is 0 Å². The number of hydrogen-bond acceptors (Lipinski definition) is 4. The van der Waals surface area contributed by atoms with Crippen molar-refractivity contribution in [2.75, 3.05) is 26.3 Å². The van der Waals surface area contributed by atoms with Gasteiger partial charge in [-0.25, -0.2) is 4.39 Å². The van der Waals surface area contributed by atoms with Gasteiger partial charge in [-0.05, 0) is 53.9 Å². The van der Waals surface area contributed by atoms with E-state index in [0.717, 1.165) is 48.4 Å². The van der Waals surface area contributed by atoms with Crippen molar-refractivity contribution in [3.05, 3.63) is 101 Å². The van der Waals surface area contributed by atoms with E-state index in [1.807, 2.05) is 54.6 Å². The van der Waals surface area contributed by atoms with E-state index in [0.29, 0.717) is 26.4 Å². The van der Waals surface area contributed by atoms with Gasteiger partial charge in [-0.2, -0.15) is 13.2 Å².